The molecular formula is C10H12ClNO. The molecule has 0 spiro atoms. The summed E-state index contributed by atoms with van der Waals surface area (Å²) in [4.78, 5) is 3.94. The molecule has 1 aliphatic carbocycles. The third kappa shape index (κ3) is 2.34. The zero-order valence-electron chi connectivity index (χ0n) is 7.37. The van der Waals surface area contributed by atoms with Gasteiger partial charge in [-0.3, -0.25) is 0 Å². The van der Waals surface area contributed by atoms with Crippen molar-refractivity contribution in [1.29, 1.82) is 0 Å². The summed E-state index contributed by atoms with van der Waals surface area (Å²) >= 11 is 5.65. The Morgan fingerprint density at radius 1 is 1.46 bits per heavy atom. The highest BCUT2D eigenvalue weighted by Gasteiger charge is 2.17. The van der Waals surface area contributed by atoms with Crippen LogP contribution < -0.4 is 4.74 Å². The maximum Gasteiger partial charge on any atom is 0.137 e. The highest BCUT2D eigenvalue weighted by molar-refractivity contribution is 6.29. The molecule has 0 atom stereocenters. The van der Waals surface area contributed by atoms with Crippen molar-refractivity contribution in [2.24, 2.45) is 5.92 Å². The van der Waals surface area contributed by atoms with E-state index in [1.54, 1.807) is 12.3 Å². The lowest BCUT2D eigenvalue weighted by Crippen LogP contribution is -2.19. The minimum absolute atomic E-state index is 0.510. The Hall–Kier alpha value is -0.760. The molecule has 0 bridgehead atoms. The molecule has 0 saturated heterocycles. The van der Waals surface area contributed by atoms with Gasteiger partial charge in [0.15, 0.2) is 0 Å². The minimum Gasteiger partial charge on any atom is -0.492 e. The summed E-state index contributed by atoms with van der Waals surface area (Å²) < 4.78 is 5.54. The molecule has 2 rings (SSSR count). The van der Waals surface area contributed by atoms with Crippen LogP contribution >= 0.6 is 11.6 Å². The molecule has 13 heavy (non-hydrogen) atoms. The fourth-order valence-electron chi connectivity index (χ4n) is 1.32. The second-order valence-corrected chi connectivity index (χ2v) is 3.81. The summed E-state index contributed by atoms with van der Waals surface area (Å²) in [6, 6.07) is 3.60. The van der Waals surface area contributed by atoms with E-state index >= 15 is 0 Å². The molecule has 70 valence electrons. The van der Waals surface area contributed by atoms with Crippen molar-refractivity contribution >= 4 is 11.6 Å². The summed E-state index contributed by atoms with van der Waals surface area (Å²) in [7, 11) is 0. The Morgan fingerprint density at radius 2 is 2.31 bits per heavy atom. The number of rotatable bonds is 3. The number of halogens is 1. The Morgan fingerprint density at radius 3 is 2.85 bits per heavy atom. The van der Waals surface area contributed by atoms with Crippen LogP contribution in [-0.4, -0.2) is 11.6 Å². The Labute approximate surface area is 82.9 Å². The van der Waals surface area contributed by atoms with E-state index in [1.807, 2.05) is 6.07 Å². The second kappa shape index (κ2) is 3.97. The predicted octanol–water partition coefficient (Wildman–Crippen LogP) is 2.91. The average Bonchev–Trinajstić information content (AvgIpc) is 2.05. The van der Waals surface area contributed by atoms with E-state index in [2.05, 4.69) is 4.98 Å². The lowest BCUT2D eigenvalue weighted by Gasteiger charge is -2.24. The molecule has 0 unspecified atom stereocenters. The molecule has 0 amide bonds. The van der Waals surface area contributed by atoms with Crippen LogP contribution in [0.5, 0.6) is 5.75 Å². The molecule has 1 aliphatic rings. The Bertz CT molecular complexity index is 269. The van der Waals surface area contributed by atoms with Crippen LogP contribution in [0.3, 0.4) is 0 Å². The van der Waals surface area contributed by atoms with Gasteiger partial charge in [-0.1, -0.05) is 18.0 Å². The Balaban J connectivity index is 1.83. The monoisotopic (exact) mass is 197 g/mol. The summed E-state index contributed by atoms with van der Waals surface area (Å²) in [5.41, 5.74) is 0. The molecule has 0 aromatic carbocycles. The maximum atomic E-state index is 5.65. The van der Waals surface area contributed by atoms with E-state index < -0.39 is 0 Å². The summed E-state index contributed by atoms with van der Waals surface area (Å²) in [5, 5.41) is 0.510. The van der Waals surface area contributed by atoms with Gasteiger partial charge in [-0.05, 0) is 30.9 Å². The largest absolute Gasteiger partial charge is 0.492 e. The van der Waals surface area contributed by atoms with E-state index in [0.29, 0.717) is 5.15 Å². The van der Waals surface area contributed by atoms with Crippen LogP contribution in [0.25, 0.3) is 0 Å². The molecule has 0 N–H and O–H groups in total. The Kier molecular flexibility index (Phi) is 2.69. The highest BCUT2D eigenvalue weighted by atomic mass is 35.5. The molecule has 1 fully saturated rings. The number of hydrogen-bond acceptors (Lipinski definition) is 2. The van der Waals surface area contributed by atoms with E-state index in [4.69, 9.17) is 16.3 Å². The van der Waals surface area contributed by atoms with Gasteiger partial charge in [0, 0.05) is 0 Å². The molecule has 1 saturated carbocycles. The molecule has 3 heteroatoms. The van der Waals surface area contributed by atoms with Crippen LogP contribution in [0.4, 0.5) is 0 Å². The lowest BCUT2D eigenvalue weighted by atomic mass is 9.86. The quantitative estimate of drug-likeness (QED) is 0.696. The maximum absolute atomic E-state index is 5.65. The number of pyridine rings is 1. The van der Waals surface area contributed by atoms with Crippen LogP contribution in [-0.2, 0) is 0 Å². The molecule has 1 aromatic heterocycles. The normalized spacial score (nSPS) is 16.7. The van der Waals surface area contributed by atoms with E-state index in [1.165, 1.54) is 19.3 Å². The van der Waals surface area contributed by atoms with Crippen molar-refractivity contribution in [3.63, 3.8) is 0 Å². The van der Waals surface area contributed by atoms with Crippen molar-refractivity contribution in [2.45, 2.75) is 19.3 Å². The van der Waals surface area contributed by atoms with Crippen LogP contribution in [0.15, 0.2) is 18.3 Å². The summed E-state index contributed by atoms with van der Waals surface area (Å²) in [6.07, 6.45) is 5.63. The third-order valence-electron chi connectivity index (χ3n) is 2.41. The van der Waals surface area contributed by atoms with Crippen LogP contribution in [0.1, 0.15) is 19.3 Å². The van der Waals surface area contributed by atoms with Crippen molar-refractivity contribution < 1.29 is 4.74 Å². The second-order valence-electron chi connectivity index (χ2n) is 3.42. The van der Waals surface area contributed by atoms with Gasteiger partial charge in [0.1, 0.15) is 10.9 Å². The van der Waals surface area contributed by atoms with Gasteiger partial charge in [0.25, 0.3) is 0 Å². The van der Waals surface area contributed by atoms with Gasteiger partial charge in [-0.25, -0.2) is 4.98 Å². The number of hydrogen-bond donors (Lipinski definition) is 0. The van der Waals surface area contributed by atoms with Gasteiger partial charge in [0.2, 0.25) is 0 Å². The van der Waals surface area contributed by atoms with Crippen molar-refractivity contribution in [2.75, 3.05) is 6.61 Å². The molecular weight excluding hydrogens is 186 g/mol. The van der Waals surface area contributed by atoms with Gasteiger partial charge in [-0.2, -0.15) is 0 Å². The smallest absolute Gasteiger partial charge is 0.137 e. The molecule has 2 nitrogen and oxygen atoms in total. The topological polar surface area (TPSA) is 22.1 Å². The number of aromatic nitrogens is 1. The van der Waals surface area contributed by atoms with E-state index in [0.717, 1.165) is 18.3 Å². The first-order valence-corrected chi connectivity index (χ1v) is 4.97. The van der Waals surface area contributed by atoms with Crippen LogP contribution in [0, 0.1) is 5.92 Å². The van der Waals surface area contributed by atoms with Gasteiger partial charge in [0.05, 0.1) is 12.8 Å². The first kappa shape index (κ1) is 8.82. The van der Waals surface area contributed by atoms with Gasteiger partial charge in [-0.15, -0.1) is 0 Å². The first-order chi connectivity index (χ1) is 6.34. The third-order valence-corrected chi connectivity index (χ3v) is 2.63. The van der Waals surface area contributed by atoms with Gasteiger partial charge < -0.3 is 4.74 Å². The fraction of sp³-hybridized carbons (Fsp3) is 0.500. The summed E-state index contributed by atoms with van der Waals surface area (Å²) in [5.74, 6) is 1.58. The molecule has 1 aromatic rings. The SMILES string of the molecule is Clc1ccc(OCC2CCC2)cn1. The average molecular weight is 198 g/mol. The molecule has 1 heterocycles. The lowest BCUT2D eigenvalue weighted by molar-refractivity contribution is 0.180. The standard InChI is InChI=1S/C10H12ClNO/c11-10-5-4-9(6-12-10)13-7-8-2-1-3-8/h4-6,8H,1-3,7H2. The molecule has 0 aliphatic heterocycles. The predicted molar refractivity (Wildman–Crippen MR) is 52.1 cm³/mol. The van der Waals surface area contributed by atoms with Crippen molar-refractivity contribution in [1.82, 2.24) is 4.98 Å². The zero-order chi connectivity index (χ0) is 9.10. The van der Waals surface area contributed by atoms with Gasteiger partial charge >= 0.3 is 0 Å². The first-order valence-electron chi connectivity index (χ1n) is 4.59. The fourth-order valence-corrected chi connectivity index (χ4v) is 1.43. The van der Waals surface area contributed by atoms with Crippen molar-refractivity contribution in [3.05, 3.63) is 23.5 Å². The van der Waals surface area contributed by atoms with Crippen LogP contribution in [0.2, 0.25) is 5.15 Å². The zero-order valence-corrected chi connectivity index (χ0v) is 8.13. The molecule has 0 radical (unpaired) electrons. The van der Waals surface area contributed by atoms with E-state index in [-0.39, 0.29) is 0 Å². The minimum atomic E-state index is 0.510. The van der Waals surface area contributed by atoms with E-state index in [9.17, 15) is 0 Å². The number of nitrogens with zero attached hydrogens (tertiary/aromatic N) is 1. The highest BCUT2D eigenvalue weighted by Crippen LogP contribution is 2.26. The van der Waals surface area contributed by atoms with Crippen molar-refractivity contribution in [3.8, 4) is 5.75 Å². The number of ether oxygens (including phenoxy) is 1. The summed E-state index contributed by atoms with van der Waals surface area (Å²) in [6.45, 7) is 0.823.